The van der Waals surface area contributed by atoms with E-state index in [9.17, 15) is 18.9 Å². The van der Waals surface area contributed by atoms with Crippen molar-refractivity contribution in [2.75, 3.05) is 0 Å². The lowest BCUT2D eigenvalue weighted by Gasteiger charge is -2.07. The molecule has 2 rings (SSSR count). The van der Waals surface area contributed by atoms with E-state index in [1.165, 1.54) is 19.1 Å². The van der Waals surface area contributed by atoms with Gasteiger partial charge in [0.25, 0.3) is 5.69 Å². The van der Waals surface area contributed by atoms with Gasteiger partial charge in [-0.3, -0.25) is 10.1 Å². The van der Waals surface area contributed by atoms with Gasteiger partial charge >= 0.3 is 0 Å². The van der Waals surface area contributed by atoms with Crippen molar-refractivity contribution in [3.63, 3.8) is 0 Å². The van der Waals surface area contributed by atoms with Crippen LogP contribution >= 0.6 is 0 Å². The number of aromatic nitrogens is 1. The van der Waals surface area contributed by atoms with Gasteiger partial charge in [0.15, 0.2) is 11.6 Å². The van der Waals surface area contributed by atoms with E-state index in [1.54, 1.807) is 0 Å². The van der Waals surface area contributed by atoms with Gasteiger partial charge < -0.3 is 4.74 Å². The number of para-hydroxylation sites is 1. The second kappa shape index (κ2) is 4.97. The molecule has 0 unspecified atom stereocenters. The molecule has 0 N–H and O–H groups in total. The van der Waals surface area contributed by atoms with E-state index in [-0.39, 0.29) is 17.3 Å². The molecule has 0 aliphatic carbocycles. The number of hydrogen-bond acceptors (Lipinski definition) is 4. The molecule has 2 aromatic rings. The third-order valence-corrected chi connectivity index (χ3v) is 2.35. The van der Waals surface area contributed by atoms with Crippen LogP contribution in [0.15, 0.2) is 30.3 Å². The molecule has 0 saturated carbocycles. The number of aryl methyl sites for hydroxylation is 1. The second-order valence-electron chi connectivity index (χ2n) is 3.66. The molecule has 0 spiro atoms. The Morgan fingerprint density at radius 1 is 1.21 bits per heavy atom. The number of rotatable bonds is 3. The van der Waals surface area contributed by atoms with Gasteiger partial charge in [-0.1, -0.05) is 6.07 Å². The van der Waals surface area contributed by atoms with Crippen LogP contribution in [0.2, 0.25) is 0 Å². The van der Waals surface area contributed by atoms with Crippen LogP contribution in [0.25, 0.3) is 0 Å². The molecule has 0 fully saturated rings. The molecule has 7 heteroatoms. The van der Waals surface area contributed by atoms with Crippen LogP contribution in [-0.4, -0.2) is 9.91 Å². The molecule has 5 nitrogen and oxygen atoms in total. The van der Waals surface area contributed by atoms with Crippen molar-refractivity contribution >= 4 is 5.69 Å². The highest BCUT2D eigenvalue weighted by Crippen LogP contribution is 2.27. The van der Waals surface area contributed by atoms with E-state index in [4.69, 9.17) is 4.74 Å². The molecule has 0 bridgehead atoms. The normalized spacial score (nSPS) is 10.3. The lowest BCUT2D eigenvalue weighted by Crippen LogP contribution is -1.98. The maximum atomic E-state index is 13.3. The first-order valence-electron chi connectivity index (χ1n) is 5.23. The third-order valence-electron chi connectivity index (χ3n) is 2.35. The van der Waals surface area contributed by atoms with E-state index in [2.05, 4.69) is 4.98 Å². The van der Waals surface area contributed by atoms with E-state index < -0.39 is 22.3 Å². The van der Waals surface area contributed by atoms with Crippen LogP contribution in [0, 0.1) is 28.7 Å². The first-order valence-corrected chi connectivity index (χ1v) is 5.23. The van der Waals surface area contributed by atoms with Gasteiger partial charge in [0, 0.05) is 12.1 Å². The van der Waals surface area contributed by atoms with Crippen LogP contribution < -0.4 is 4.74 Å². The van der Waals surface area contributed by atoms with E-state index in [0.717, 1.165) is 18.2 Å². The highest BCUT2D eigenvalue weighted by atomic mass is 19.1. The third kappa shape index (κ3) is 2.65. The van der Waals surface area contributed by atoms with Gasteiger partial charge in [-0.2, -0.15) is 0 Å². The number of ether oxygens (including phenoxy) is 1. The summed E-state index contributed by atoms with van der Waals surface area (Å²) >= 11 is 0. The smallest absolute Gasteiger partial charge is 0.290 e. The van der Waals surface area contributed by atoms with Crippen molar-refractivity contribution in [3.05, 3.63) is 57.8 Å². The Balaban J connectivity index is 2.34. The first-order chi connectivity index (χ1) is 8.99. The van der Waals surface area contributed by atoms with Crippen molar-refractivity contribution in [1.29, 1.82) is 0 Å². The fraction of sp³-hybridized carbons (Fsp3) is 0.0833. The average molecular weight is 266 g/mol. The van der Waals surface area contributed by atoms with Crippen molar-refractivity contribution < 1.29 is 18.4 Å². The van der Waals surface area contributed by atoms with Gasteiger partial charge in [-0.15, -0.1) is 0 Å². The second-order valence-corrected chi connectivity index (χ2v) is 3.66. The van der Waals surface area contributed by atoms with E-state index >= 15 is 0 Å². The highest BCUT2D eigenvalue weighted by molar-refractivity contribution is 5.38. The quantitative estimate of drug-likeness (QED) is 0.631. The molecule has 0 aliphatic heterocycles. The Morgan fingerprint density at radius 3 is 2.37 bits per heavy atom. The monoisotopic (exact) mass is 266 g/mol. The van der Waals surface area contributed by atoms with Crippen molar-refractivity contribution in [2.45, 2.75) is 6.92 Å². The summed E-state index contributed by atoms with van der Waals surface area (Å²) in [6, 6.07) is 5.62. The molecular formula is C12H8F2N2O3. The molecule has 0 saturated heterocycles. The van der Waals surface area contributed by atoms with Gasteiger partial charge in [0.1, 0.15) is 5.69 Å². The van der Waals surface area contributed by atoms with Crippen LogP contribution in [0.3, 0.4) is 0 Å². The maximum Gasteiger partial charge on any atom is 0.290 e. The molecule has 0 aliphatic rings. The van der Waals surface area contributed by atoms with E-state index in [1.807, 2.05) is 0 Å². The van der Waals surface area contributed by atoms with Crippen LogP contribution in [-0.2, 0) is 0 Å². The molecule has 1 aromatic heterocycles. The predicted molar refractivity (Wildman–Crippen MR) is 62.1 cm³/mol. The summed E-state index contributed by atoms with van der Waals surface area (Å²) < 4.78 is 31.7. The van der Waals surface area contributed by atoms with Gasteiger partial charge in [-0.25, -0.2) is 13.8 Å². The zero-order valence-electron chi connectivity index (χ0n) is 9.76. The van der Waals surface area contributed by atoms with Crippen LogP contribution in [0.1, 0.15) is 5.69 Å². The Labute approximate surface area is 106 Å². The topological polar surface area (TPSA) is 65.3 Å². The lowest BCUT2D eigenvalue weighted by molar-refractivity contribution is -0.385. The molecule has 0 amide bonds. The number of halogens is 2. The molecule has 0 atom stereocenters. The summed E-state index contributed by atoms with van der Waals surface area (Å²) in [5.41, 5.74) is -0.0967. The number of nitro groups is 1. The van der Waals surface area contributed by atoms with Gasteiger partial charge in [-0.05, 0) is 19.1 Å². The first kappa shape index (κ1) is 12.9. The molecule has 1 heterocycles. The number of nitrogens with zero attached hydrogens (tertiary/aromatic N) is 2. The lowest BCUT2D eigenvalue weighted by atomic mass is 10.3. The summed E-state index contributed by atoms with van der Waals surface area (Å²) in [7, 11) is 0. The molecule has 0 radical (unpaired) electrons. The zero-order valence-corrected chi connectivity index (χ0v) is 9.76. The SMILES string of the molecule is Cc1nc(Oc2c(F)cccc2F)ccc1[N+](=O)[O-]. The maximum absolute atomic E-state index is 13.3. The highest BCUT2D eigenvalue weighted by Gasteiger charge is 2.15. The van der Waals surface area contributed by atoms with Crippen molar-refractivity contribution in [2.24, 2.45) is 0 Å². The number of benzene rings is 1. The van der Waals surface area contributed by atoms with Crippen LogP contribution in [0.5, 0.6) is 11.6 Å². The minimum absolute atomic E-state index is 0.0965. The van der Waals surface area contributed by atoms with Gasteiger partial charge in [0.05, 0.1) is 4.92 Å². The minimum atomic E-state index is -0.877. The molecule has 19 heavy (non-hydrogen) atoms. The number of pyridine rings is 1. The number of hydrogen-bond donors (Lipinski definition) is 0. The fourth-order valence-corrected chi connectivity index (χ4v) is 1.47. The summed E-state index contributed by atoms with van der Waals surface area (Å²) in [6.45, 7) is 1.41. The predicted octanol–water partition coefficient (Wildman–Crippen LogP) is 3.37. The molecule has 1 aromatic carbocycles. The Hall–Kier alpha value is -2.57. The Kier molecular flexibility index (Phi) is 3.37. The summed E-state index contributed by atoms with van der Waals surface area (Å²) in [5.74, 6) is -2.47. The summed E-state index contributed by atoms with van der Waals surface area (Å²) in [4.78, 5) is 13.8. The summed E-state index contributed by atoms with van der Waals surface area (Å²) in [5, 5.41) is 10.6. The average Bonchev–Trinajstić information content (AvgIpc) is 2.33. The minimum Gasteiger partial charge on any atom is -0.433 e. The van der Waals surface area contributed by atoms with E-state index in [0.29, 0.717) is 0 Å². The largest absolute Gasteiger partial charge is 0.433 e. The van der Waals surface area contributed by atoms with Crippen molar-refractivity contribution in [3.8, 4) is 11.6 Å². The molecular weight excluding hydrogens is 258 g/mol. The Bertz CT molecular complexity index is 627. The summed E-state index contributed by atoms with van der Waals surface area (Å²) in [6.07, 6.45) is 0. The van der Waals surface area contributed by atoms with Crippen LogP contribution in [0.4, 0.5) is 14.5 Å². The molecule has 98 valence electrons. The standard InChI is InChI=1S/C12H8F2N2O3/c1-7-10(16(17)18)5-6-11(15-7)19-12-8(13)3-2-4-9(12)14/h2-6H,1H3. The van der Waals surface area contributed by atoms with Gasteiger partial charge in [0.2, 0.25) is 11.6 Å². The zero-order chi connectivity index (χ0) is 14.0. The fourth-order valence-electron chi connectivity index (χ4n) is 1.47. The Morgan fingerprint density at radius 2 is 1.84 bits per heavy atom. The van der Waals surface area contributed by atoms with Crippen molar-refractivity contribution in [1.82, 2.24) is 4.98 Å².